The van der Waals surface area contributed by atoms with E-state index < -0.39 is 29.1 Å². The van der Waals surface area contributed by atoms with Crippen LogP contribution in [0.4, 0.5) is 10.5 Å². The van der Waals surface area contributed by atoms with Crippen LogP contribution in [0.15, 0.2) is 18.2 Å². The van der Waals surface area contributed by atoms with Gasteiger partial charge in [-0.05, 0) is 32.4 Å². The van der Waals surface area contributed by atoms with Gasteiger partial charge in [0.15, 0.2) is 0 Å². The Morgan fingerprint density at radius 1 is 0.889 bits per heavy atom. The SMILES string of the molecule is CC(C)(C)OC(=O)NCCOCCOCCOCCOCCNC(=O)c1cc([N+](=O)[O-])ccc1CO. The van der Waals surface area contributed by atoms with E-state index in [9.17, 15) is 24.8 Å². The van der Waals surface area contributed by atoms with E-state index in [0.717, 1.165) is 6.07 Å². The Hall–Kier alpha value is -2.84. The fourth-order valence-electron chi connectivity index (χ4n) is 2.66. The van der Waals surface area contributed by atoms with Gasteiger partial charge in [0.05, 0.1) is 69.9 Å². The monoisotopic (exact) mass is 515 g/mol. The number of aliphatic hydroxyl groups is 1. The second kappa shape index (κ2) is 17.6. The van der Waals surface area contributed by atoms with Crippen molar-refractivity contribution in [3.63, 3.8) is 0 Å². The predicted molar refractivity (Wildman–Crippen MR) is 129 cm³/mol. The molecular formula is C23H37N3O10. The van der Waals surface area contributed by atoms with Crippen LogP contribution < -0.4 is 10.6 Å². The molecule has 0 fully saturated rings. The number of aliphatic hydroxyl groups excluding tert-OH is 1. The maximum absolute atomic E-state index is 12.2. The number of non-ortho nitro benzene ring substituents is 1. The lowest BCUT2D eigenvalue weighted by Crippen LogP contribution is -2.34. The molecule has 0 spiro atoms. The molecule has 0 aliphatic heterocycles. The molecule has 13 heteroatoms. The Morgan fingerprint density at radius 2 is 1.39 bits per heavy atom. The number of amides is 2. The maximum atomic E-state index is 12.2. The van der Waals surface area contributed by atoms with E-state index in [4.69, 9.17) is 23.7 Å². The fourth-order valence-corrected chi connectivity index (χ4v) is 2.66. The van der Waals surface area contributed by atoms with Gasteiger partial charge in [-0.25, -0.2) is 4.79 Å². The average Bonchev–Trinajstić information content (AvgIpc) is 2.81. The molecule has 13 nitrogen and oxygen atoms in total. The summed E-state index contributed by atoms with van der Waals surface area (Å²) < 4.78 is 26.6. The van der Waals surface area contributed by atoms with Gasteiger partial charge in [0.25, 0.3) is 11.6 Å². The van der Waals surface area contributed by atoms with E-state index in [-0.39, 0.29) is 24.4 Å². The second-order valence-corrected chi connectivity index (χ2v) is 8.39. The topological polar surface area (TPSA) is 168 Å². The van der Waals surface area contributed by atoms with Crippen LogP contribution in [0, 0.1) is 10.1 Å². The molecule has 1 aromatic carbocycles. The van der Waals surface area contributed by atoms with Gasteiger partial charge in [0.1, 0.15) is 5.60 Å². The summed E-state index contributed by atoms with van der Waals surface area (Å²) in [6, 6.07) is 3.72. The molecule has 204 valence electrons. The minimum absolute atomic E-state index is 0.0536. The van der Waals surface area contributed by atoms with Gasteiger partial charge in [-0.1, -0.05) is 0 Å². The predicted octanol–water partition coefficient (Wildman–Crippen LogP) is 1.41. The van der Waals surface area contributed by atoms with E-state index in [2.05, 4.69) is 10.6 Å². The first-order valence-electron chi connectivity index (χ1n) is 11.6. The smallest absolute Gasteiger partial charge is 0.407 e. The summed E-state index contributed by atoms with van der Waals surface area (Å²) in [4.78, 5) is 34.0. The largest absolute Gasteiger partial charge is 0.444 e. The lowest BCUT2D eigenvalue weighted by atomic mass is 10.1. The number of rotatable bonds is 18. The van der Waals surface area contributed by atoms with Crippen molar-refractivity contribution in [2.24, 2.45) is 0 Å². The molecule has 0 aromatic heterocycles. The summed E-state index contributed by atoms with van der Waals surface area (Å²) in [5.41, 5.74) is -0.405. The highest BCUT2D eigenvalue weighted by Crippen LogP contribution is 2.18. The Balaban J connectivity index is 1.96. The maximum Gasteiger partial charge on any atom is 0.407 e. The number of benzene rings is 1. The number of hydrogen-bond donors (Lipinski definition) is 3. The average molecular weight is 516 g/mol. The zero-order valence-electron chi connectivity index (χ0n) is 21.1. The molecule has 3 N–H and O–H groups in total. The minimum Gasteiger partial charge on any atom is -0.444 e. The molecule has 1 aromatic rings. The summed E-state index contributed by atoms with van der Waals surface area (Å²) in [7, 11) is 0. The van der Waals surface area contributed by atoms with E-state index in [1.165, 1.54) is 12.1 Å². The highest BCUT2D eigenvalue weighted by atomic mass is 16.6. The molecule has 0 heterocycles. The lowest BCUT2D eigenvalue weighted by molar-refractivity contribution is -0.384. The Morgan fingerprint density at radius 3 is 1.86 bits per heavy atom. The zero-order valence-corrected chi connectivity index (χ0v) is 21.1. The van der Waals surface area contributed by atoms with Crippen molar-refractivity contribution in [1.29, 1.82) is 0 Å². The third kappa shape index (κ3) is 14.5. The Labute approximate surface area is 210 Å². The first kappa shape index (κ1) is 31.2. The third-order valence-corrected chi connectivity index (χ3v) is 4.28. The quantitative estimate of drug-likeness (QED) is 0.148. The number of nitrogens with one attached hydrogen (secondary N) is 2. The number of carbonyl (C=O) groups excluding carboxylic acids is 2. The van der Waals surface area contributed by atoms with Crippen LogP contribution in [0.5, 0.6) is 0 Å². The lowest BCUT2D eigenvalue weighted by Gasteiger charge is -2.19. The molecule has 1 rings (SSSR count). The second-order valence-electron chi connectivity index (χ2n) is 8.39. The molecule has 0 saturated carbocycles. The highest BCUT2D eigenvalue weighted by Gasteiger charge is 2.16. The summed E-state index contributed by atoms with van der Waals surface area (Å²) in [5, 5.41) is 25.4. The molecule has 0 atom stereocenters. The summed E-state index contributed by atoms with van der Waals surface area (Å²) in [6.07, 6.45) is -0.481. The van der Waals surface area contributed by atoms with E-state index in [1.807, 2.05) is 0 Å². The highest BCUT2D eigenvalue weighted by molar-refractivity contribution is 5.96. The number of alkyl carbamates (subject to hydrolysis) is 1. The standard InChI is InChI=1S/C23H37N3O10/c1-23(2,3)36-22(29)25-7-9-33-11-13-35-15-14-34-12-10-32-8-6-24-21(28)20-16-19(26(30)31)5-4-18(20)17-27/h4-5,16,27H,6-15,17H2,1-3H3,(H,24,28)(H,25,29). The molecule has 0 aliphatic carbocycles. The fraction of sp³-hybridized carbons (Fsp3) is 0.652. The normalized spacial score (nSPS) is 11.2. The van der Waals surface area contributed by atoms with Crippen molar-refractivity contribution >= 4 is 17.7 Å². The number of ether oxygens (including phenoxy) is 5. The van der Waals surface area contributed by atoms with Crippen molar-refractivity contribution in [1.82, 2.24) is 10.6 Å². The van der Waals surface area contributed by atoms with Crippen LogP contribution in [-0.4, -0.2) is 93.6 Å². The number of nitro benzene ring substituents is 1. The molecule has 0 saturated heterocycles. The van der Waals surface area contributed by atoms with E-state index in [0.29, 0.717) is 58.4 Å². The van der Waals surface area contributed by atoms with Gasteiger partial charge < -0.3 is 39.4 Å². The van der Waals surface area contributed by atoms with E-state index in [1.54, 1.807) is 20.8 Å². The summed E-state index contributed by atoms with van der Waals surface area (Å²) in [6.45, 7) is 8.34. The van der Waals surface area contributed by atoms with Crippen LogP contribution in [0.2, 0.25) is 0 Å². The molecule has 0 bridgehead atoms. The van der Waals surface area contributed by atoms with Crippen LogP contribution in [-0.2, 0) is 30.3 Å². The first-order chi connectivity index (χ1) is 17.1. The van der Waals surface area contributed by atoms with Gasteiger partial charge >= 0.3 is 6.09 Å². The molecule has 0 unspecified atom stereocenters. The summed E-state index contributed by atoms with van der Waals surface area (Å²) in [5.74, 6) is -0.525. The number of nitrogens with zero attached hydrogens (tertiary/aromatic N) is 1. The number of carbonyl (C=O) groups is 2. The van der Waals surface area contributed by atoms with Gasteiger partial charge in [-0.3, -0.25) is 14.9 Å². The molecule has 0 aliphatic rings. The van der Waals surface area contributed by atoms with Crippen molar-refractivity contribution in [2.75, 3.05) is 65.9 Å². The van der Waals surface area contributed by atoms with Crippen LogP contribution in [0.1, 0.15) is 36.7 Å². The van der Waals surface area contributed by atoms with Crippen molar-refractivity contribution < 1.29 is 43.3 Å². The molecular weight excluding hydrogens is 478 g/mol. The zero-order chi connectivity index (χ0) is 26.8. The minimum atomic E-state index is -0.602. The van der Waals surface area contributed by atoms with Crippen molar-refractivity contribution in [3.8, 4) is 0 Å². The van der Waals surface area contributed by atoms with Crippen LogP contribution in [0.25, 0.3) is 0 Å². The number of nitro groups is 1. The molecule has 36 heavy (non-hydrogen) atoms. The van der Waals surface area contributed by atoms with Crippen molar-refractivity contribution in [3.05, 3.63) is 39.4 Å². The van der Waals surface area contributed by atoms with Gasteiger partial charge in [0, 0.05) is 25.2 Å². The van der Waals surface area contributed by atoms with Gasteiger partial charge in [-0.15, -0.1) is 0 Å². The first-order valence-corrected chi connectivity index (χ1v) is 11.6. The summed E-state index contributed by atoms with van der Waals surface area (Å²) >= 11 is 0. The number of hydrogen-bond acceptors (Lipinski definition) is 10. The van der Waals surface area contributed by atoms with E-state index >= 15 is 0 Å². The van der Waals surface area contributed by atoms with Crippen molar-refractivity contribution in [2.45, 2.75) is 33.0 Å². The van der Waals surface area contributed by atoms with Gasteiger partial charge in [-0.2, -0.15) is 0 Å². The molecule has 2 amide bonds. The van der Waals surface area contributed by atoms with Gasteiger partial charge in [0.2, 0.25) is 0 Å². The Kier molecular flexibility index (Phi) is 15.2. The Bertz CT molecular complexity index is 814. The van der Waals surface area contributed by atoms with Crippen LogP contribution in [0.3, 0.4) is 0 Å². The molecule has 0 radical (unpaired) electrons. The van der Waals surface area contributed by atoms with Crippen LogP contribution >= 0.6 is 0 Å². The third-order valence-electron chi connectivity index (χ3n) is 4.28.